The fourth-order valence-corrected chi connectivity index (χ4v) is 4.80. The number of carbonyl (C=O) groups is 1. The molecule has 1 amide bonds. The molecule has 6 heteroatoms. The van der Waals surface area contributed by atoms with E-state index in [1.807, 2.05) is 4.90 Å². The standard InChI is InChI=1S/C15H16N4O2/c20-14-8-3-9-7-18(13(14)10(9)4-8)15(21)11-5-17-19-2-1-16-6-12(11)19/h1-2,5-6,8-10,13-14,20H,3-4,7H2. The quantitative estimate of drug-likeness (QED) is 0.831. The fourth-order valence-electron chi connectivity index (χ4n) is 4.80. The molecule has 0 spiro atoms. The van der Waals surface area contributed by atoms with Gasteiger partial charge < -0.3 is 10.0 Å². The lowest BCUT2D eigenvalue weighted by molar-refractivity contribution is 0.0403. The predicted molar refractivity (Wildman–Crippen MR) is 73.5 cm³/mol. The molecule has 2 aromatic heterocycles. The maximum atomic E-state index is 12.9. The Labute approximate surface area is 121 Å². The number of aliphatic hydroxyl groups is 1. The zero-order valence-corrected chi connectivity index (χ0v) is 11.5. The van der Waals surface area contributed by atoms with Crippen LogP contribution in [0.25, 0.3) is 5.52 Å². The Morgan fingerprint density at radius 1 is 1.29 bits per heavy atom. The molecule has 1 aliphatic heterocycles. The van der Waals surface area contributed by atoms with E-state index in [0.717, 1.165) is 24.9 Å². The van der Waals surface area contributed by atoms with Crippen LogP contribution in [-0.4, -0.2) is 49.2 Å². The van der Waals surface area contributed by atoms with Crippen LogP contribution >= 0.6 is 0 Å². The molecular formula is C15H16N4O2. The lowest BCUT2D eigenvalue weighted by Gasteiger charge is -2.28. The molecule has 5 atom stereocenters. The summed E-state index contributed by atoms with van der Waals surface area (Å²) in [4.78, 5) is 18.9. The average molecular weight is 284 g/mol. The van der Waals surface area contributed by atoms with Crippen molar-refractivity contribution in [2.24, 2.45) is 17.8 Å². The number of carbonyl (C=O) groups excluding carboxylic acids is 1. The minimum atomic E-state index is -0.349. The molecular weight excluding hydrogens is 268 g/mol. The van der Waals surface area contributed by atoms with E-state index >= 15 is 0 Å². The van der Waals surface area contributed by atoms with Gasteiger partial charge in [-0.25, -0.2) is 4.52 Å². The number of nitrogens with zero attached hydrogens (tertiary/aromatic N) is 4. The average Bonchev–Trinajstić information content (AvgIpc) is 3.20. The van der Waals surface area contributed by atoms with Gasteiger partial charge in [0.25, 0.3) is 5.91 Å². The lowest BCUT2D eigenvalue weighted by atomic mass is 9.88. The van der Waals surface area contributed by atoms with E-state index in [4.69, 9.17) is 0 Å². The third-order valence-electron chi connectivity index (χ3n) is 5.66. The largest absolute Gasteiger partial charge is 0.391 e. The summed E-state index contributed by atoms with van der Waals surface area (Å²) < 4.78 is 1.67. The molecule has 5 rings (SSSR count). The first kappa shape index (κ1) is 11.7. The van der Waals surface area contributed by atoms with Gasteiger partial charge in [0.05, 0.1) is 35.6 Å². The van der Waals surface area contributed by atoms with Crippen molar-refractivity contribution < 1.29 is 9.90 Å². The highest BCUT2D eigenvalue weighted by Gasteiger charge is 2.60. The van der Waals surface area contributed by atoms with Crippen molar-refractivity contribution in [3.8, 4) is 0 Å². The van der Waals surface area contributed by atoms with Gasteiger partial charge in [0, 0.05) is 18.9 Å². The molecule has 108 valence electrons. The number of fused-ring (bicyclic) bond motifs is 2. The van der Waals surface area contributed by atoms with E-state index in [2.05, 4.69) is 10.1 Å². The summed E-state index contributed by atoms with van der Waals surface area (Å²) in [6.07, 6.45) is 8.46. The molecule has 3 fully saturated rings. The van der Waals surface area contributed by atoms with Crippen molar-refractivity contribution >= 4 is 11.4 Å². The molecule has 3 aliphatic rings. The van der Waals surface area contributed by atoms with Gasteiger partial charge in [-0.1, -0.05) is 0 Å². The lowest BCUT2D eigenvalue weighted by Crippen LogP contribution is -2.43. The number of aliphatic hydroxyl groups excluding tert-OH is 1. The summed E-state index contributed by atoms with van der Waals surface area (Å²) >= 11 is 0. The van der Waals surface area contributed by atoms with Crippen LogP contribution in [0, 0.1) is 17.8 Å². The second-order valence-corrected chi connectivity index (χ2v) is 6.56. The highest BCUT2D eigenvalue weighted by molar-refractivity contribution is 6.00. The number of hydrogen-bond donors (Lipinski definition) is 1. The van der Waals surface area contributed by atoms with Crippen LogP contribution in [0.1, 0.15) is 23.2 Å². The van der Waals surface area contributed by atoms with Crippen molar-refractivity contribution in [1.82, 2.24) is 19.5 Å². The topological polar surface area (TPSA) is 70.7 Å². The molecule has 3 heterocycles. The van der Waals surface area contributed by atoms with Crippen molar-refractivity contribution in [3.63, 3.8) is 0 Å². The maximum absolute atomic E-state index is 12.9. The zero-order chi connectivity index (χ0) is 14.1. The van der Waals surface area contributed by atoms with Crippen LogP contribution < -0.4 is 0 Å². The first-order valence-corrected chi connectivity index (χ1v) is 7.50. The molecule has 2 saturated carbocycles. The van der Waals surface area contributed by atoms with Crippen LogP contribution in [0.3, 0.4) is 0 Å². The summed E-state index contributed by atoms with van der Waals surface area (Å²) in [7, 11) is 0. The highest BCUT2D eigenvalue weighted by Crippen LogP contribution is 2.55. The number of aromatic nitrogens is 3. The Bertz CT molecular complexity index is 740. The third-order valence-corrected chi connectivity index (χ3v) is 5.66. The Morgan fingerprint density at radius 2 is 2.19 bits per heavy atom. The summed E-state index contributed by atoms with van der Waals surface area (Å²) in [5.74, 6) is 1.45. The number of likely N-dealkylation sites (tertiary alicyclic amines) is 1. The number of rotatable bonds is 1. The zero-order valence-electron chi connectivity index (χ0n) is 11.5. The van der Waals surface area contributed by atoms with Gasteiger partial charge in [0.15, 0.2) is 0 Å². The molecule has 6 nitrogen and oxygen atoms in total. The van der Waals surface area contributed by atoms with Crippen LogP contribution in [0.5, 0.6) is 0 Å². The van der Waals surface area contributed by atoms with Crippen molar-refractivity contribution in [3.05, 3.63) is 30.4 Å². The van der Waals surface area contributed by atoms with Gasteiger partial charge in [-0.15, -0.1) is 0 Å². The Balaban J connectivity index is 1.55. The van der Waals surface area contributed by atoms with E-state index in [9.17, 15) is 9.90 Å². The molecule has 1 N–H and O–H groups in total. The predicted octanol–water partition coefficient (Wildman–Crippen LogP) is 0.571. The molecule has 2 bridgehead atoms. The molecule has 5 unspecified atom stereocenters. The monoisotopic (exact) mass is 284 g/mol. The first-order chi connectivity index (χ1) is 10.2. The number of hydrogen-bond acceptors (Lipinski definition) is 4. The fraction of sp³-hybridized carbons (Fsp3) is 0.533. The van der Waals surface area contributed by atoms with Gasteiger partial charge >= 0.3 is 0 Å². The minimum absolute atomic E-state index is 0.00729. The number of amides is 1. The summed E-state index contributed by atoms with van der Waals surface area (Å²) in [5, 5.41) is 14.6. The first-order valence-electron chi connectivity index (χ1n) is 7.50. The highest BCUT2D eigenvalue weighted by atomic mass is 16.3. The van der Waals surface area contributed by atoms with Crippen LogP contribution in [0.15, 0.2) is 24.8 Å². The van der Waals surface area contributed by atoms with E-state index < -0.39 is 0 Å². The molecule has 2 aliphatic carbocycles. The minimum Gasteiger partial charge on any atom is -0.391 e. The Kier molecular flexibility index (Phi) is 2.13. The van der Waals surface area contributed by atoms with Crippen molar-refractivity contribution in [1.29, 1.82) is 0 Å². The van der Waals surface area contributed by atoms with E-state index in [1.165, 1.54) is 0 Å². The van der Waals surface area contributed by atoms with Crippen LogP contribution in [0.2, 0.25) is 0 Å². The third kappa shape index (κ3) is 1.38. The van der Waals surface area contributed by atoms with Gasteiger partial charge in [-0.2, -0.15) is 5.10 Å². The molecule has 0 radical (unpaired) electrons. The van der Waals surface area contributed by atoms with Crippen LogP contribution in [0.4, 0.5) is 0 Å². The Morgan fingerprint density at radius 3 is 3.05 bits per heavy atom. The summed E-state index contributed by atoms with van der Waals surface area (Å²) in [5.41, 5.74) is 1.31. The van der Waals surface area contributed by atoms with Crippen LogP contribution in [-0.2, 0) is 0 Å². The van der Waals surface area contributed by atoms with E-state index in [1.54, 1.807) is 29.3 Å². The Hall–Kier alpha value is -1.95. The molecule has 1 saturated heterocycles. The molecule has 0 aromatic carbocycles. The second-order valence-electron chi connectivity index (χ2n) is 6.56. The summed E-state index contributed by atoms with van der Waals surface area (Å²) in [6, 6.07) is 0.00729. The van der Waals surface area contributed by atoms with Gasteiger partial charge in [0.1, 0.15) is 0 Å². The van der Waals surface area contributed by atoms with Crippen molar-refractivity contribution in [2.75, 3.05) is 6.54 Å². The van der Waals surface area contributed by atoms with Crippen molar-refractivity contribution in [2.45, 2.75) is 25.0 Å². The molecule has 2 aromatic rings. The smallest absolute Gasteiger partial charge is 0.258 e. The van der Waals surface area contributed by atoms with E-state index in [0.29, 0.717) is 23.3 Å². The SMILES string of the molecule is O=C(c1cnn2ccncc12)N1CC2CC3CC2C1C3O. The normalized spacial score (nSPS) is 36.8. The second kappa shape index (κ2) is 3.82. The van der Waals surface area contributed by atoms with E-state index in [-0.39, 0.29) is 18.1 Å². The van der Waals surface area contributed by atoms with Gasteiger partial charge in [-0.3, -0.25) is 9.78 Å². The van der Waals surface area contributed by atoms with Gasteiger partial charge in [-0.05, 0) is 30.6 Å². The molecule has 21 heavy (non-hydrogen) atoms. The van der Waals surface area contributed by atoms with Gasteiger partial charge in [0.2, 0.25) is 0 Å². The summed E-state index contributed by atoms with van der Waals surface area (Å²) in [6.45, 7) is 0.777. The maximum Gasteiger partial charge on any atom is 0.258 e.